The maximum absolute atomic E-state index is 6.14. The smallest absolute Gasteiger partial charge is 0.0715 e. The van der Waals surface area contributed by atoms with E-state index in [1.54, 1.807) is 11.8 Å². The highest BCUT2D eigenvalue weighted by atomic mass is 35.5. The maximum Gasteiger partial charge on any atom is 0.0715 e. The van der Waals surface area contributed by atoms with Gasteiger partial charge in [0.15, 0.2) is 0 Å². The molecule has 2 aromatic carbocycles. The lowest BCUT2D eigenvalue weighted by Crippen LogP contribution is -2.00. The van der Waals surface area contributed by atoms with Gasteiger partial charge in [0.05, 0.1) is 16.4 Å². The van der Waals surface area contributed by atoms with Crippen LogP contribution in [0.1, 0.15) is 0 Å². The molecule has 0 amide bonds. The molecular formula is C12H7Cl2NS. The van der Waals surface area contributed by atoms with Crippen LogP contribution in [0.15, 0.2) is 46.2 Å². The monoisotopic (exact) mass is 267 g/mol. The van der Waals surface area contributed by atoms with E-state index in [0.717, 1.165) is 26.3 Å². The van der Waals surface area contributed by atoms with E-state index in [9.17, 15) is 0 Å². The minimum Gasteiger partial charge on any atom is -0.352 e. The summed E-state index contributed by atoms with van der Waals surface area (Å²) in [6.07, 6.45) is 0. The molecule has 2 aromatic rings. The molecule has 3 rings (SSSR count). The average molecular weight is 268 g/mol. The maximum atomic E-state index is 6.14. The molecule has 4 heteroatoms. The van der Waals surface area contributed by atoms with Gasteiger partial charge in [-0.05, 0) is 30.3 Å². The summed E-state index contributed by atoms with van der Waals surface area (Å²) in [7, 11) is 0. The molecule has 0 fully saturated rings. The molecule has 1 aliphatic heterocycles. The van der Waals surface area contributed by atoms with Gasteiger partial charge in [-0.25, -0.2) is 0 Å². The lowest BCUT2D eigenvalue weighted by Gasteiger charge is -2.21. The number of para-hydroxylation sites is 1. The van der Waals surface area contributed by atoms with Crippen molar-refractivity contribution in [2.75, 3.05) is 5.32 Å². The van der Waals surface area contributed by atoms with Crippen molar-refractivity contribution in [2.24, 2.45) is 0 Å². The molecule has 0 aromatic heterocycles. The standard InChI is InChI=1S/C12H7Cl2NS/c13-7-4-5-10-9(6-7)15-12-8(14)2-1-3-11(12)16-10/h1-6,15H. The first-order chi connectivity index (χ1) is 7.74. The van der Waals surface area contributed by atoms with Crippen molar-refractivity contribution in [1.29, 1.82) is 0 Å². The summed E-state index contributed by atoms with van der Waals surface area (Å²) in [6.45, 7) is 0. The molecule has 0 aliphatic carbocycles. The van der Waals surface area contributed by atoms with E-state index in [1.807, 2.05) is 30.3 Å². The number of nitrogens with one attached hydrogen (secondary N) is 1. The Morgan fingerprint density at radius 3 is 2.75 bits per heavy atom. The van der Waals surface area contributed by atoms with Crippen LogP contribution < -0.4 is 5.32 Å². The zero-order valence-electron chi connectivity index (χ0n) is 8.13. The first-order valence-electron chi connectivity index (χ1n) is 4.77. The third-order valence-electron chi connectivity index (χ3n) is 2.40. The van der Waals surface area contributed by atoms with Gasteiger partial charge >= 0.3 is 0 Å². The van der Waals surface area contributed by atoms with Crippen LogP contribution in [0.3, 0.4) is 0 Å². The molecule has 1 aliphatic rings. The minimum absolute atomic E-state index is 0.724. The molecule has 0 saturated carbocycles. The van der Waals surface area contributed by atoms with E-state index in [-0.39, 0.29) is 0 Å². The average Bonchev–Trinajstić information content (AvgIpc) is 2.28. The van der Waals surface area contributed by atoms with E-state index >= 15 is 0 Å². The zero-order chi connectivity index (χ0) is 11.1. The van der Waals surface area contributed by atoms with Gasteiger partial charge in [0.25, 0.3) is 0 Å². The SMILES string of the molecule is Clc1ccc2c(c1)Nc1c(Cl)cccc1S2. The van der Waals surface area contributed by atoms with Crippen LogP contribution in [-0.4, -0.2) is 0 Å². The van der Waals surface area contributed by atoms with Crippen LogP contribution in [-0.2, 0) is 0 Å². The largest absolute Gasteiger partial charge is 0.352 e. The third kappa shape index (κ3) is 1.67. The van der Waals surface area contributed by atoms with Gasteiger partial charge in [-0.3, -0.25) is 0 Å². The van der Waals surface area contributed by atoms with Gasteiger partial charge < -0.3 is 5.32 Å². The van der Waals surface area contributed by atoms with E-state index < -0.39 is 0 Å². The van der Waals surface area contributed by atoms with E-state index in [0.29, 0.717) is 0 Å². The number of anilines is 2. The number of benzene rings is 2. The second kappa shape index (κ2) is 3.88. The molecule has 0 bridgehead atoms. The third-order valence-corrected chi connectivity index (χ3v) is 4.08. The van der Waals surface area contributed by atoms with Gasteiger partial charge in [-0.1, -0.05) is 41.0 Å². The lowest BCUT2D eigenvalue weighted by atomic mass is 10.2. The molecule has 1 heterocycles. The van der Waals surface area contributed by atoms with Crippen LogP contribution in [0.2, 0.25) is 10.0 Å². The van der Waals surface area contributed by atoms with Gasteiger partial charge in [0.1, 0.15) is 0 Å². The summed E-state index contributed by atoms with van der Waals surface area (Å²) < 4.78 is 0. The summed E-state index contributed by atoms with van der Waals surface area (Å²) in [5.41, 5.74) is 1.97. The Bertz CT molecular complexity index is 569. The molecule has 1 N–H and O–H groups in total. The first kappa shape index (κ1) is 10.3. The summed E-state index contributed by atoms with van der Waals surface area (Å²) in [5, 5.41) is 4.77. The predicted molar refractivity (Wildman–Crippen MR) is 70.3 cm³/mol. The highest BCUT2D eigenvalue weighted by Gasteiger charge is 2.17. The van der Waals surface area contributed by atoms with Crippen LogP contribution in [0.25, 0.3) is 0 Å². The Kier molecular flexibility index (Phi) is 2.51. The fraction of sp³-hybridized carbons (Fsp3) is 0. The van der Waals surface area contributed by atoms with Crippen molar-refractivity contribution in [1.82, 2.24) is 0 Å². The van der Waals surface area contributed by atoms with Crippen molar-refractivity contribution in [3.8, 4) is 0 Å². The Balaban J connectivity index is 2.13. The topological polar surface area (TPSA) is 12.0 Å². The normalized spacial score (nSPS) is 12.6. The zero-order valence-corrected chi connectivity index (χ0v) is 10.5. The second-order valence-electron chi connectivity index (χ2n) is 3.48. The van der Waals surface area contributed by atoms with E-state index in [2.05, 4.69) is 11.4 Å². The van der Waals surface area contributed by atoms with Gasteiger partial charge in [-0.2, -0.15) is 0 Å². The highest BCUT2D eigenvalue weighted by Crippen LogP contribution is 2.47. The molecule has 1 nitrogen and oxygen atoms in total. The van der Waals surface area contributed by atoms with E-state index in [4.69, 9.17) is 23.2 Å². The number of fused-ring (bicyclic) bond motifs is 2. The summed E-state index contributed by atoms with van der Waals surface area (Å²) in [6, 6.07) is 11.7. The molecule has 80 valence electrons. The summed E-state index contributed by atoms with van der Waals surface area (Å²) in [4.78, 5) is 2.31. The molecule has 0 unspecified atom stereocenters. The lowest BCUT2D eigenvalue weighted by molar-refractivity contribution is 1.32. The van der Waals surface area contributed by atoms with Crippen LogP contribution in [0, 0.1) is 0 Å². The minimum atomic E-state index is 0.724. The molecule has 16 heavy (non-hydrogen) atoms. The Morgan fingerprint density at radius 2 is 1.88 bits per heavy atom. The first-order valence-corrected chi connectivity index (χ1v) is 6.34. The summed E-state index contributed by atoms with van der Waals surface area (Å²) in [5.74, 6) is 0. The Labute approximate surface area is 108 Å². The Morgan fingerprint density at radius 1 is 1.00 bits per heavy atom. The van der Waals surface area contributed by atoms with Crippen LogP contribution in [0.4, 0.5) is 11.4 Å². The van der Waals surface area contributed by atoms with Crippen molar-refractivity contribution in [3.63, 3.8) is 0 Å². The molecule has 0 saturated heterocycles. The predicted octanol–water partition coefficient (Wildman–Crippen LogP) is 5.20. The van der Waals surface area contributed by atoms with E-state index in [1.165, 1.54) is 4.90 Å². The second-order valence-corrected chi connectivity index (χ2v) is 5.41. The number of hydrogen-bond acceptors (Lipinski definition) is 2. The van der Waals surface area contributed by atoms with Crippen LogP contribution in [0.5, 0.6) is 0 Å². The number of halogens is 2. The van der Waals surface area contributed by atoms with Crippen molar-refractivity contribution in [3.05, 3.63) is 46.4 Å². The van der Waals surface area contributed by atoms with Crippen molar-refractivity contribution in [2.45, 2.75) is 9.79 Å². The van der Waals surface area contributed by atoms with Gasteiger partial charge in [0, 0.05) is 14.8 Å². The van der Waals surface area contributed by atoms with Gasteiger partial charge in [0.2, 0.25) is 0 Å². The highest BCUT2D eigenvalue weighted by molar-refractivity contribution is 7.99. The van der Waals surface area contributed by atoms with Crippen molar-refractivity contribution >= 4 is 46.3 Å². The van der Waals surface area contributed by atoms with Crippen LogP contribution >= 0.6 is 35.0 Å². The van der Waals surface area contributed by atoms with Gasteiger partial charge in [-0.15, -0.1) is 0 Å². The molecule has 0 atom stereocenters. The number of rotatable bonds is 0. The molecular weight excluding hydrogens is 261 g/mol. The molecule has 0 spiro atoms. The fourth-order valence-corrected chi connectivity index (χ4v) is 3.11. The van der Waals surface area contributed by atoms with Crippen molar-refractivity contribution < 1.29 is 0 Å². The fourth-order valence-electron chi connectivity index (χ4n) is 1.65. The number of hydrogen-bond donors (Lipinski definition) is 1. The Hall–Kier alpha value is -0.830. The quantitative estimate of drug-likeness (QED) is 0.601. The molecule has 0 radical (unpaired) electrons. The summed E-state index contributed by atoms with van der Waals surface area (Å²) >= 11 is 13.8.